The summed E-state index contributed by atoms with van der Waals surface area (Å²) in [6.45, 7) is 0.330. The van der Waals surface area contributed by atoms with Gasteiger partial charge in [-0.3, -0.25) is 10.1 Å². The number of rotatable bonds is 3. The second-order valence-corrected chi connectivity index (χ2v) is 4.98. The lowest BCUT2D eigenvalue weighted by Crippen LogP contribution is -2.39. The van der Waals surface area contributed by atoms with Gasteiger partial charge in [-0.1, -0.05) is 6.07 Å². The zero-order chi connectivity index (χ0) is 15.6. The van der Waals surface area contributed by atoms with Crippen LogP contribution in [0, 0.1) is 16.0 Å². The van der Waals surface area contributed by atoms with Crippen molar-refractivity contribution >= 4 is 17.1 Å². The van der Waals surface area contributed by atoms with Crippen molar-refractivity contribution in [2.75, 3.05) is 30.4 Å². The van der Waals surface area contributed by atoms with Gasteiger partial charge in [0.25, 0.3) is 0 Å². The Kier molecular flexibility index (Phi) is 4.24. The fraction of sp³-hybridized carbons (Fsp3) is 0.538. The second-order valence-electron chi connectivity index (χ2n) is 4.98. The Bertz CT molecular complexity index is 526. The molecule has 1 aliphatic heterocycles. The molecule has 21 heavy (non-hydrogen) atoms. The molecule has 1 fully saturated rings. The van der Waals surface area contributed by atoms with Gasteiger partial charge in [-0.15, -0.1) is 0 Å². The summed E-state index contributed by atoms with van der Waals surface area (Å²) in [5.41, 5.74) is 0.633. The molecule has 1 saturated heterocycles. The molecule has 0 saturated carbocycles. The number of piperidine rings is 1. The van der Waals surface area contributed by atoms with Gasteiger partial charge in [-0.05, 0) is 25.0 Å². The van der Waals surface area contributed by atoms with E-state index in [4.69, 9.17) is 0 Å². The molecule has 0 spiro atoms. The standard InChI is InChI=1S/C13H16F3N3O2/c1-17-10-3-2-4-11(12(10)19(20)21)18-7-5-9(6-8-18)13(14,15)16/h2-4,9,17H,5-8H2,1H3. The van der Waals surface area contributed by atoms with Gasteiger partial charge >= 0.3 is 11.9 Å². The fourth-order valence-corrected chi connectivity index (χ4v) is 2.63. The number of anilines is 2. The molecule has 0 unspecified atom stereocenters. The van der Waals surface area contributed by atoms with Crippen LogP contribution in [0.2, 0.25) is 0 Å². The van der Waals surface area contributed by atoms with Crippen LogP contribution in [0.4, 0.5) is 30.2 Å². The average molecular weight is 303 g/mol. The predicted molar refractivity (Wildman–Crippen MR) is 73.6 cm³/mol. The monoisotopic (exact) mass is 303 g/mol. The molecule has 0 bridgehead atoms. The van der Waals surface area contributed by atoms with Gasteiger partial charge in [0, 0.05) is 20.1 Å². The molecule has 2 rings (SSSR count). The van der Waals surface area contributed by atoms with E-state index in [1.54, 1.807) is 30.1 Å². The van der Waals surface area contributed by atoms with Crippen LogP contribution >= 0.6 is 0 Å². The first-order valence-electron chi connectivity index (χ1n) is 6.61. The number of para-hydroxylation sites is 1. The van der Waals surface area contributed by atoms with Gasteiger partial charge in [0.05, 0.1) is 10.8 Å². The maximum absolute atomic E-state index is 12.7. The summed E-state index contributed by atoms with van der Waals surface area (Å²) >= 11 is 0. The van der Waals surface area contributed by atoms with Crippen molar-refractivity contribution < 1.29 is 18.1 Å². The first-order chi connectivity index (χ1) is 9.84. The minimum Gasteiger partial charge on any atom is -0.382 e. The van der Waals surface area contributed by atoms with Gasteiger partial charge in [0.1, 0.15) is 11.4 Å². The average Bonchev–Trinajstić information content (AvgIpc) is 2.45. The minimum absolute atomic E-state index is 0.0373. The largest absolute Gasteiger partial charge is 0.391 e. The Hall–Kier alpha value is -1.99. The van der Waals surface area contributed by atoms with E-state index in [9.17, 15) is 23.3 Å². The zero-order valence-electron chi connectivity index (χ0n) is 11.5. The Labute approximate surface area is 119 Å². The highest BCUT2D eigenvalue weighted by molar-refractivity contribution is 5.77. The molecule has 0 aromatic heterocycles. The molecule has 0 atom stereocenters. The lowest BCUT2D eigenvalue weighted by atomic mass is 9.95. The molecule has 1 aromatic carbocycles. The summed E-state index contributed by atoms with van der Waals surface area (Å²) in [6, 6.07) is 4.81. The quantitative estimate of drug-likeness (QED) is 0.686. The van der Waals surface area contributed by atoms with Crippen molar-refractivity contribution in [2.24, 2.45) is 5.92 Å². The normalized spacial score (nSPS) is 16.9. The van der Waals surface area contributed by atoms with Crippen LogP contribution in [-0.4, -0.2) is 31.2 Å². The molecule has 8 heteroatoms. The minimum atomic E-state index is -4.19. The Morgan fingerprint density at radius 1 is 1.33 bits per heavy atom. The van der Waals surface area contributed by atoms with E-state index in [0.717, 1.165) is 0 Å². The zero-order valence-corrected chi connectivity index (χ0v) is 11.5. The Morgan fingerprint density at radius 2 is 1.95 bits per heavy atom. The summed E-state index contributed by atoms with van der Waals surface area (Å²) in [7, 11) is 1.57. The van der Waals surface area contributed by atoms with E-state index in [2.05, 4.69) is 5.32 Å². The number of hydrogen-bond donors (Lipinski definition) is 1. The van der Waals surface area contributed by atoms with E-state index in [1.165, 1.54) is 0 Å². The predicted octanol–water partition coefficient (Wildman–Crippen LogP) is 3.42. The number of halogens is 3. The van der Waals surface area contributed by atoms with E-state index < -0.39 is 17.0 Å². The van der Waals surface area contributed by atoms with Crippen molar-refractivity contribution in [3.8, 4) is 0 Å². The van der Waals surface area contributed by atoms with Crippen LogP contribution < -0.4 is 10.2 Å². The van der Waals surface area contributed by atoms with E-state index >= 15 is 0 Å². The van der Waals surface area contributed by atoms with Crippen LogP contribution in [-0.2, 0) is 0 Å². The number of nitro groups is 1. The molecular formula is C13H16F3N3O2. The highest BCUT2D eigenvalue weighted by atomic mass is 19.4. The Morgan fingerprint density at radius 3 is 2.43 bits per heavy atom. The van der Waals surface area contributed by atoms with Crippen LogP contribution in [0.3, 0.4) is 0 Å². The first-order valence-corrected chi connectivity index (χ1v) is 6.61. The number of nitrogens with zero attached hydrogens (tertiary/aromatic N) is 2. The maximum atomic E-state index is 12.7. The summed E-state index contributed by atoms with van der Waals surface area (Å²) in [5, 5.41) is 14.0. The van der Waals surface area contributed by atoms with Crippen LogP contribution in [0.5, 0.6) is 0 Å². The number of benzene rings is 1. The number of nitrogens with one attached hydrogen (secondary N) is 1. The summed E-state index contributed by atoms with van der Waals surface area (Å²) in [6.07, 6.45) is -4.26. The maximum Gasteiger partial charge on any atom is 0.391 e. The van der Waals surface area contributed by atoms with E-state index in [0.29, 0.717) is 11.4 Å². The van der Waals surface area contributed by atoms with E-state index in [1.807, 2.05) is 0 Å². The van der Waals surface area contributed by atoms with Gasteiger partial charge in [-0.2, -0.15) is 13.2 Å². The SMILES string of the molecule is CNc1cccc(N2CCC(C(F)(F)F)CC2)c1[N+](=O)[O-]. The van der Waals surface area contributed by atoms with Gasteiger partial charge < -0.3 is 10.2 Å². The van der Waals surface area contributed by atoms with Gasteiger partial charge in [-0.25, -0.2) is 0 Å². The summed E-state index contributed by atoms with van der Waals surface area (Å²) < 4.78 is 38.0. The van der Waals surface area contributed by atoms with Crippen molar-refractivity contribution in [3.63, 3.8) is 0 Å². The molecule has 116 valence electrons. The topological polar surface area (TPSA) is 58.4 Å². The number of alkyl halides is 3. The molecule has 0 aliphatic carbocycles. The molecule has 1 heterocycles. The molecule has 0 radical (unpaired) electrons. The van der Waals surface area contributed by atoms with Crippen LogP contribution in [0.1, 0.15) is 12.8 Å². The summed E-state index contributed by atoms with van der Waals surface area (Å²) in [4.78, 5) is 12.4. The van der Waals surface area contributed by atoms with Crippen LogP contribution in [0.25, 0.3) is 0 Å². The highest BCUT2D eigenvalue weighted by Crippen LogP contribution is 2.39. The van der Waals surface area contributed by atoms with Crippen molar-refractivity contribution in [1.29, 1.82) is 0 Å². The molecule has 1 N–H and O–H groups in total. The van der Waals surface area contributed by atoms with Crippen molar-refractivity contribution in [2.45, 2.75) is 19.0 Å². The Balaban J connectivity index is 2.23. The number of nitro benzene ring substituents is 1. The lowest BCUT2D eigenvalue weighted by Gasteiger charge is -2.34. The summed E-state index contributed by atoms with van der Waals surface area (Å²) in [5.74, 6) is -1.32. The van der Waals surface area contributed by atoms with Crippen LogP contribution in [0.15, 0.2) is 18.2 Å². The molecular weight excluding hydrogens is 287 g/mol. The molecule has 1 aromatic rings. The molecule has 1 aliphatic rings. The number of hydrogen-bond acceptors (Lipinski definition) is 4. The third kappa shape index (κ3) is 3.20. The van der Waals surface area contributed by atoms with E-state index in [-0.39, 0.29) is 31.6 Å². The third-order valence-electron chi connectivity index (χ3n) is 3.77. The van der Waals surface area contributed by atoms with Gasteiger partial charge in [0.15, 0.2) is 0 Å². The molecule has 0 amide bonds. The third-order valence-corrected chi connectivity index (χ3v) is 3.77. The lowest BCUT2D eigenvalue weighted by molar-refractivity contribution is -0.383. The smallest absolute Gasteiger partial charge is 0.382 e. The molecule has 5 nitrogen and oxygen atoms in total. The highest BCUT2D eigenvalue weighted by Gasteiger charge is 2.41. The van der Waals surface area contributed by atoms with Crippen molar-refractivity contribution in [1.82, 2.24) is 0 Å². The van der Waals surface area contributed by atoms with Crippen molar-refractivity contribution in [3.05, 3.63) is 28.3 Å². The second kappa shape index (κ2) is 5.79. The fourth-order valence-electron chi connectivity index (χ4n) is 2.63. The van der Waals surface area contributed by atoms with Gasteiger partial charge in [0.2, 0.25) is 0 Å². The first kappa shape index (κ1) is 15.4.